The molecule has 4 aromatic carbocycles. The summed E-state index contributed by atoms with van der Waals surface area (Å²) >= 11 is 5.96. The van der Waals surface area contributed by atoms with Crippen LogP contribution in [-0.4, -0.2) is 11.8 Å². The van der Waals surface area contributed by atoms with Gasteiger partial charge in [-0.2, -0.15) is 0 Å². The van der Waals surface area contributed by atoms with Crippen molar-refractivity contribution in [2.75, 3.05) is 10.6 Å². The van der Waals surface area contributed by atoms with E-state index in [9.17, 15) is 14.4 Å². The molecule has 0 saturated heterocycles. The number of carbonyl (C=O) groups excluding carboxylic acids is 2. The Kier molecular flexibility index (Phi) is 6.34. The first-order valence-electron chi connectivity index (χ1n) is 11.1. The van der Waals surface area contributed by atoms with Crippen LogP contribution in [0.4, 0.5) is 11.4 Å². The lowest BCUT2D eigenvalue weighted by Crippen LogP contribution is -2.14. The second-order valence-corrected chi connectivity index (χ2v) is 8.50. The third-order valence-electron chi connectivity index (χ3n) is 5.56. The van der Waals surface area contributed by atoms with Gasteiger partial charge < -0.3 is 15.1 Å². The minimum atomic E-state index is -0.442. The van der Waals surface area contributed by atoms with Crippen LogP contribution in [0.5, 0.6) is 0 Å². The molecule has 5 aromatic rings. The molecule has 5 rings (SSSR count). The van der Waals surface area contributed by atoms with Crippen molar-refractivity contribution in [1.82, 2.24) is 0 Å². The molecule has 0 fully saturated rings. The highest BCUT2D eigenvalue weighted by Gasteiger charge is 2.12. The average molecular weight is 495 g/mol. The third kappa shape index (κ3) is 5.04. The van der Waals surface area contributed by atoms with E-state index in [4.69, 9.17) is 16.0 Å². The molecule has 176 valence electrons. The zero-order valence-electron chi connectivity index (χ0n) is 18.8. The molecule has 0 spiro atoms. The molecule has 7 heteroatoms. The van der Waals surface area contributed by atoms with Crippen molar-refractivity contribution < 1.29 is 14.0 Å². The van der Waals surface area contributed by atoms with Crippen molar-refractivity contribution in [3.8, 4) is 11.1 Å². The van der Waals surface area contributed by atoms with Gasteiger partial charge in [0, 0.05) is 32.9 Å². The van der Waals surface area contributed by atoms with Crippen LogP contribution in [0, 0.1) is 0 Å². The van der Waals surface area contributed by atoms with Gasteiger partial charge in [-0.05, 0) is 66.2 Å². The van der Waals surface area contributed by atoms with E-state index in [0.29, 0.717) is 44.2 Å². The Balaban J connectivity index is 1.30. The van der Waals surface area contributed by atoms with Gasteiger partial charge in [0.2, 0.25) is 0 Å². The zero-order valence-corrected chi connectivity index (χ0v) is 19.6. The van der Waals surface area contributed by atoms with E-state index in [0.717, 1.165) is 5.39 Å². The van der Waals surface area contributed by atoms with Crippen molar-refractivity contribution in [2.45, 2.75) is 0 Å². The lowest BCUT2D eigenvalue weighted by atomic mass is 10.0. The number of rotatable bonds is 5. The second kappa shape index (κ2) is 9.90. The number of anilines is 2. The molecule has 0 aliphatic heterocycles. The molecule has 0 atom stereocenters. The van der Waals surface area contributed by atoms with Gasteiger partial charge in [-0.1, -0.05) is 54.1 Å². The maximum Gasteiger partial charge on any atom is 0.344 e. The van der Waals surface area contributed by atoms with Crippen LogP contribution >= 0.6 is 11.6 Å². The molecular weight excluding hydrogens is 476 g/mol. The Hall–Kier alpha value is -4.68. The Morgan fingerprint density at radius 3 is 2.06 bits per heavy atom. The molecule has 0 aliphatic carbocycles. The molecule has 1 aromatic heterocycles. The first-order chi connectivity index (χ1) is 17.5. The van der Waals surface area contributed by atoms with E-state index in [1.165, 1.54) is 0 Å². The lowest BCUT2D eigenvalue weighted by molar-refractivity contribution is 0.101. The number of para-hydroxylation sites is 1. The van der Waals surface area contributed by atoms with Crippen LogP contribution in [-0.2, 0) is 0 Å². The number of halogens is 1. The van der Waals surface area contributed by atoms with E-state index in [1.54, 1.807) is 91.0 Å². The van der Waals surface area contributed by atoms with Crippen LogP contribution < -0.4 is 16.3 Å². The minimum Gasteiger partial charge on any atom is -0.422 e. The zero-order chi connectivity index (χ0) is 25.1. The summed E-state index contributed by atoms with van der Waals surface area (Å²) in [5, 5.41) is 6.90. The van der Waals surface area contributed by atoms with E-state index in [2.05, 4.69) is 10.6 Å². The lowest BCUT2D eigenvalue weighted by Gasteiger charge is -2.10. The number of benzene rings is 4. The quantitative estimate of drug-likeness (QED) is 0.269. The fourth-order valence-electron chi connectivity index (χ4n) is 3.78. The Labute approximate surface area is 211 Å². The van der Waals surface area contributed by atoms with Gasteiger partial charge in [0.05, 0.1) is 5.56 Å². The molecule has 1 heterocycles. The summed E-state index contributed by atoms with van der Waals surface area (Å²) in [6.45, 7) is 0. The molecule has 2 N–H and O–H groups in total. The largest absolute Gasteiger partial charge is 0.422 e. The normalized spacial score (nSPS) is 10.7. The molecule has 36 heavy (non-hydrogen) atoms. The predicted octanol–water partition coefficient (Wildman–Crippen LogP) is 6.62. The van der Waals surface area contributed by atoms with E-state index < -0.39 is 5.63 Å². The summed E-state index contributed by atoms with van der Waals surface area (Å²) in [7, 11) is 0. The fraction of sp³-hybridized carbons (Fsp3) is 0. The van der Waals surface area contributed by atoms with E-state index >= 15 is 0 Å². The van der Waals surface area contributed by atoms with Crippen LogP contribution in [0.2, 0.25) is 5.02 Å². The van der Waals surface area contributed by atoms with Crippen molar-refractivity contribution in [1.29, 1.82) is 0 Å². The topological polar surface area (TPSA) is 88.4 Å². The maximum atomic E-state index is 12.8. The molecule has 6 nitrogen and oxygen atoms in total. The van der Waals surface area contributed by atoms with Gasteiger partial charge in [0.1, 0.15) is 5.58 Å². The summed E-state index contributed by atoms with van der Waals surface area (Å²) in [5.41, 5.74) is 3.03. The minimum absolute atomic E-state index is 0.310. The van der Waals surface area contributed by atoms with E-state index in [1.807, 2.05) is 12.1 Å². The van der Waals surface area contributed by atoms with Crippen LogP contribution in [0.1, 0.15) is 20.7 Å². The van der Waals surface area contributed by atoms with Gasteiger partial charge in [-0.25, -0.2) is 4.79 Å². The Morgan fingerprint density at radius 2 is 1.33 bits per heavy atom. The number of nitrogens with one attached hydrogen (secondary N) is 2. The molecule has 0 radical (unpaired) electrons. The molecule has 0 bridgehead atoms. The van der Waals surface area contributed by atoms with Crippen LogP contribution in [0.3, 0.4) is 0 Å². The Morgan fingerprint density at radius 1 is 0.667 bits per heavy atom. The number of amides is 2. The summed E-state index contributed by atoms with van der Waals surface area (Å²) in [4.78, 5) is 37.7. The summed E-state index contributed by atoms with van der Waals surface area (Å²) in [6, 6.07) is 29.2. The van der Waals surface area contributed by atoms with Crippen molar-refractivity contribution in [2.24, 2.45) is 0 Å². The highest BCUT2D eigenvalue weighted by molar-refractivity contribution is 6.31. The SMILES string of the molecule is O=C(Nc1cccc(NC(=O)c2cccc(Cl)c2)c1)c1ccc(-c2cc3ccccc3oc2=O)cc1. The van der Waals surface area contributed by atoms with Crippen LogP contribution in [0.15, 0.2) is 112 Å². The Bertz CT molecular complexity index is 1660. The van der Waals surface area contributed by atoms with Gasteiger partial charge >= 0.3 is 5.63 Å². The fourth-order valence-corrected chi connectivity index (χ4v) is 3.97. The predicted molar refractivity (Wildman–Crippen MR) is 142 cm³/mol. The van der Waals surface area contributed by atoms with Crippen LogP contribution in [0.25, 0.3) is 22.1 Å². The second-order valence-electron chi connectivity index (χ2n) is 8.06. The standard InChI is InChI=1S/C29H19ClN2O4/c30-22-7-3-6-21(15-22)28(34)32-24-9-4-8-23(17-24)31-27(33)19-13-11-18(12-14-19)25-16-20-5-1-2-10-26(20)36-29(25)35/h1-17H,(H,31,33)(H,32,34). The maximum absolute atomic E-state index is 12.8. The van der Waals surface area contributed by atoms with Crippen molar-refractivity contribution >= 4 is 45.8 Å². The van der Waals surface area contributed by atoms with Crippen molar-refractivity contribution in [3.63, 3.8) is 0 Å². The number of carbonyl (C=O) groups is 2. The molecular formula is C29H19ClN2O4. The molecule has 0 unspecified atom stereocenters. The number of fused-ring (bicyclic) bond motifs is 1. The van der Waals surface area contributed by atoms with Gasteiger partial charge in [-0.3, -0.25) is 9.59 Å². The molecule has 0 saturated carbocycles. The van der Waals surface area contributed by atoms with Crippen molar-refractivity contribution in [3.05, 3.63) is 130 Å². The first-order valence-corrected chi connectivity index (χ1v) is 11.5. The van der Waals surface area contributed by atoms with E-state index in [-0.39, 0.29) is 11.8 Å². The number of hydrogen-bond donors (Lipinski definition) is 2. The first kappa shape index (κ1) is 23.1. The summed E-state index contributed by atoms with van der Waals surface area (Å²) in [5.74, 6) is -0.639. The van der Waals surface area contributed by atoms with Gasteiger partial charge in [0.15, 0.2) is 0 Å². The molecule has 2 amide bonds. The smallest absolute Gasteiger partial charge is 0.344 e. The molecule has 0 aliphatic rings. The van der Waals surface area contributed by atoms with Gasteiger partial charge in [-0.15, -0.1) is 0 Å². The summed E-state index contributed by atoms with van der Waals surface area (Å²) in [6.07, 6.45) is 0. The highest BCUT2D eigenvalue weighted by Crippen LogP contribution is 2.22. The summed E-state index contributed by atoms with van der Waals surface area (Å²) < 4.78 is 5.41. The monoisotopic (exact) mass is 494 g/mol. The third-order valence-corrected chi connectivity index (χ3v) is 5.80. The average Bonchev–Trinajstić information content (AvgIpc) is 2.88. The highest BCUT2D eigenvalue weighted by atomic mass is 35.5. The van der Waals surface area contributed by atoms with Gasteiger partial charge in [0.25, 0.3) is 11.8 Å². The number of hydrogen-bond acceptors (Lipinski definition) is 4.